The molecule has 0 unspecified atom stereocenters. The summed E-state index contributed by atoms with van der Waals surface area (Å²) in [5, 5.41) is 13.5. The highest BCUT2D eigenvalue weighted by Gasteiger charge is 2.08. The van der Waals surface area contributed by atoms with E-state index < -0.39 is 5.97 Å². The maximum atomic E-state index is 10.6. The molecular weight excluding hydrogens is 228 g/mol. The number of carbonyl (C=O) groups is 1. The summed E-state index contributed by atoms with van der Waals surface area (Å²) in [4.78, 5) is 10.6. The van der Waals surface area contributed by atoms with Gasteiger partial charge in [-0.3, -0.25) is 4.79 Å². The van der Waals surface area contributed by atoms with Gasteiger partial charge in [0.2, 0.25) is 0 Å². The van der Waals surface area contributed by atoms with E-state index >= 15 is 0 Å². The first kappa shape index (κ1) is 10.7. The third-order valence-electron chi connectivity index (χ3n) is 2.12. The summed E-state index contributed by atoms with van der Waals surface area (Å²) < 4.78 is 1.59. The Bertz CT molecular complexity index is 505. The molecule has 0 aliphatic heterocycles. The van der Waals surface area contributed by atoms with Gasteiger partial charge in [0.15, 0.2) is 0 Å². The molecule has 1 aromatic carbocycles. The Morgan fingerprint density at radius 1 is 1.31 bits per heavy atom. The number of rotatable bonds is 3. The predicted octanol–water partition coefficient (Wildman–Crippen LogP) is 2.15. The molecule has 2 aromatic rings. The summed E-state index contributed by atoms with van der Waals surface area (Å²) in [6.45, 7) is 0. The maximum Gasteiger partial charge on any atom is 0.309 e. The largest absolute Gasteiger partial charge is 0.481 e. The second-order valence-electron chi connectivity index (χ2n) is 3.28. The molecule has 16 heavy (non-hydrogen) atoms. The van der Waals surface area contributed by atoms with Crippen LogP contribution in [-0.2, 0) is 11.2 Å². The van der Waals surface area contributed by atoms with E-state index in [-0.39, 0.29) is 6.42 Å². The molecule has 0 fully saturated rings. The van der Waals surface area contributed by atoms with E-state index in [9.17, 15) is 4.79 Å². The van der Waals surface area contributed by atoms with E-state index in [4.69, 9.17) is 16.7 Å². The number of carboxylic acid groups (broad SMARTS) is 1. The molecule has 1 aromatic heterocycles. The molecule has 0 spiro atoms. The fourth-order valence-electron chi connectivity index (χ4n) is 1.43. The monoisotopic (exact) mass is 236 g/mol. The molecule has 82 valence electrons. The van der Waals surface area contributed by atoms with Gasteiger partial charge >= 0.3 is 5.97 Å². The van der Waals surface area contributed by atoms with Crippen molar-refractivity contribution in [1.82, 2.24) is 9.78 Å². The van der Waals surface area contributed by atoms with Gasteiger partial charge in [0.05, 0.1) is 17.8 Å². The van der Waals surface area contributed by atoms with Crippen LogP contribution in [0, 0.1) is 0 Å². The number of carboxylic acids is 1. The zero-order chi connectivity index (χ0) is 11.5. The van der Waals surface area contributed by atoms with Gasteiger partial charge in [-0.25, -0.2) is 4.68 Å². The smallest absolute Gasteiger partial charge is 0.309 e. The highest BCUT2D eigenvalue weighted by molar-refractivity contribution is 6.30. The van der Waals surface area contributed by atoms with E-state index in [1.165, 1.54) is 0 Å². The van der Waals surface area contributed by atoms with Crippen LogP contribution in [0.25, 0.3) is 5.69 Å². The Kier molecular flexibility index (Phi) is 2.92. The van der Waals surface area contributed by atoms with Crippen LogP contribution in [-0.4, -0.2) is 20.9 Å². The number of hydrogen-bond acceptors (Lipinski definition) is 2. The third kappa shape index (κ3) is 2.23. The van der Waals surface area contributed by atoms with Crippen molar-refractivity contribution in [3.63, 3.8) is 0 Å². The van der Waals surface area contributed by atoms with Crippen LogP contribution in [0.15, 0.2) is 36.5 Å². The topological polar surface area (TPSA) is 55.1 Å². The van der Waals surface area contributed by atoms with Crippen molar-refractivity contribution in [2.75, 3.05) is 0 Å². The van der Waals surface area contributed by atoms with Crippen LogP contribution in [0.2, 0.25) is 5.02 Å². The first-order valence-corrected chi connectivity index (χ1v) is 5.05. The molecule has 0 bridgehead atoms. The number of benzene rings is 1. The molecular formula is C11H9ClN2O2. The van der Waals surface area contributed by atoms with E-state index in [1.54, 1.807) is 41.2 Å². The van der Waals surface area contributed by atoms with Crippen molar-refractivity contribution in [2.24, 2.45) is 0 Å². The first-order valence-electron chi connectivity index (χ1n) is 4.67. The van der Waals surface area contributed by atoms with E-state index in [0.717, 1.165) is 5.69 Å². The molecule has 0 aliphatic rings. The first-order chi connectivity index (χ1) is 7.66. The van der Waals surface area contributed by atoms with Crippen molar-refractivity contribution in [3.8, 4) is 5.69 Å². The molecule has 2 rings (SSSR count). The zero-order valence-electron chi connectivity index (χ0n) is 8.30. The Balaban J connectivity index is 2.36. The molecule has 0 radical (unpaired) electrons. The summed E-state index contributed by atoms with van der Waals surface area (Å²) >= 11 is 5.77. The Morgan fingerprint density at radius 2 is 2.00 bits per heavy atom. The number of aliphatic carboxylic acids is 1. The lowest BCUT2D eigenvalue weighted by molar-refractivity contribution is -0.136. The fraction of sp³-hybridized carbons (Fsp3) is 0.0909. The van der Waals surface area contributed by atoms with E-state index in [0.29, 0.717) is 10.7 Å². The molecule has 1 N–H and O–H groups in total. The SMILES string of the molecule is O=C(O)Cc1ccnn1-c1ccc(Cl)cc1. The fourth-order valence-corrected chi connectivity index (χ4v) is 1.56. The van der Waals surface area contributed by atoms with Gasteiger partial charge in [-0.05, 0) is 30.3 Å². The quantitative estimate of drug-likeness (QED) is 0.889. The molecule has 0 amide bonds. The van der Waals surface area contributed by atoms with Gasteiger partial charge in [-0.1, -0.05) is 11.6 Å². The van der Waals surface area contributed by atoms with Crippen LogP contribution >= 0.6 is 11.6 Å². The van der Waals surface area contributed by atoms with Gasteiger partial charge in [0, 0.05) is 11.2 Å². The minimum atomic E-state index is -0.879. The normalized spacial score (nSPS) is 10.3. The average molecular weight is 237 g/mol. The lowest BCUT2D eigenvalue weighted by Crippen LogP contribution is -2.07. The van der Waals surface area contributed by atoms with Crippen molar-refractivity contribution < 1.29 is 9.90 Å². The van der Waals surface area contributed by atoms with Crippen LogP contribution in [0.5, 0.6) is 0 Å². The molecule has 0 saturated carbocycles. The average Bonchev–Trinajstić information content (AvgIpc) is 2.66. The number of halogens is 1. The van der Waals surface area contributed by atoms with Crippen LogP contribution in [0.1, 0.15) is 5.69 Å². The van der Waals surface area contributed by atoms with Gasteiger partial charge in [-0.2, -0.15) is 5.10 Å². The van der Waals surface area contributed by atoms with Crippen LogP contribution in [0.3, 0.4) is 0 Å². The van der Waals surface area contributed by atoms with Gasteiger partial charge < -0.3 is 5.11 Å². The van der Waals surface area contributed by atoms with Gasteiger partial charge in [-0.15, -0.1) is 0 Å². The molecule has 0 atom stereocenters. The summed E-state index contributed by atoms with van der Waals surface area (Å²) in [5.41, 5.74) is 1.43. The van der Waals surface area contributed by atoms with Crippen LogP contribution < -0.4 is 0 Å². The summed E-state index contributed by atoms with van der Waals surface area (Å²) in [7, 11) is 0. The second-order valence-corrected chi connectivity index (χ2v) is 3.72. The van der Waals surface area contributed by atoms with E-state index in [1.807, 2.05) is 0 Å². The lowest BCUT2D eigenvalue weighted by atomic mass is 10.3. The number of aromatic nitrogens is 2. The highest BCUT2D eigenvalue weighted by Crippen LogP contribution is 2.14. The summed E-state index contributed by atoms with van der Waals surface area (Å²) in [6, 6.07) is 8.75. The minimum absolute atomic E-state index is 0.0529. The Labute approximate surface area is 97.1 Å². The van der Waals surface area contributed by atoms with Crippen molar-refractivity contribution in [3.05, 3.63) is 47.2 Å². The molecule has 4 nitrogen and oxygen atoms in total. The standard InChI is InChI=1S/C11H9ClN2O2/c12-8-1-3-9(4-2-8)14-10(5-6-13-14)7-11(15)16/h1-6H,7H2,(H,15,16). The minimum Gasteiger partial charge on any atom is -0.481 e. The maximum absolute atomic E-state index is 10.6. The van der Waals surface area contributed by atoms with Crippen molar-refractivity contribution in [1.29, 1.82) is 0 Å². The third-order valence-corrected chi connectivity index (χ3v) is 2.38. The number of nitrogens with zero attached hydrogens (tertiary/aromatic N) is 2. The summed E-state index contributed by atoms with van der Waals surface area (Å²) in [5.74, 6) is -0.879. The molecule has 0 aliphatic carbocycles. The van der Waals surface area contributed by atoms with E-state index in [2.05, 4.69) is 5.10 Å². The zero-order valence-corrected chi connectivity index (χ0v) is 9.05. The van der Waals surface area contributed by atoms with Crippen molar-refractivity contribution >= 4 is 17.6 Å². The lowest BCUT2D eigenvalue weighted by Gasteiger charge is -2.05. The molecule has 1 heterocycles. The van der Waals surface area contributed by atoms with Crippen LogP contribution in [0.4, 0.5) is 0 Å². The molecule has 0 saturated heterocycles. The van der Waals surface area contributed by atoms with Crippen molar-refractivity contribution in [2.45, 2.75) is 6.42 Å². The predicted molar refractivity (Wildman–Crippen MR) is 59.9 cm³/mol. The summed E-state index contributed by atoms with van der Waals surface area (Å²) in [6.07, 6.45) is 1.52. The Hall–Kier alpha value is -1.81. The molecule has 5 heteroatoms. The number of hydrogen-bond donors (Lipinski definition) is 1. The van der Waals surface area contributed by atoms with Gasteiger partial charge in [0.1, 0.15) is 0 Å². The highest BCUT2D eigenvalue weighted by atomic mass is 35.5. The van der Waals surface area contributed by atoms with Gasteiger partial charge in [0.25, 0.3) is 0 Å². The Morgan fingerprint density at radius 3 is 2.62 bits per heavy atom. The second kappa shape index (κ2) is 4.37.